The highest BCUT2D eigenvalue weighted by molar-refractivity contribution is 5.95. The number of amides is 1. The Bertz CT molecular complexity index is 736. The molecule has 0 aliphatic heterocycles. The first-order chi connectivity index (χ1) is 11.6. The smallest absolute Gasteiger partial charge is 0.239 e. The van der Waals surface area contributed by atoms with E-state index in [0.717, 1.165) is 18.5 Å². The summed E-state index contributed by atoms with van der Waals surface area (Å²) < 4.78 is 0. The van der Waals surface area contributed by atoms with Crippen LogP contribution in [0, 0.1) is 0 Å². The third kappa shape index (κ3) is 3.82. The highest BCUT2D eigenvalue weighted by Gasteiger charge is 2.44. The van der Waals surface area contributed by atoms with Crippen LogP contribution in [0.1, 0.15) is 35.7 Å². The zero-order chi connectivity index (χ0) is 17.0. The number of hydrogen-bond donors (Lipinski definition) is 2. The number of Topliss-reactive ketones (excluding diaryl/α,β-unsaturated/α-hetero) is 1. The van der Waals surface area contributed by atoms with Gasteiger partial charge in [0.05, 0.1) is 6.54 Å². The SMILES string of the molecule is CC(=O)c1cccc(NCC(=O)NCC2(c3ccccc3)CC2)c1. The zero-order valence-electron chi connectivity index (χ0n) is 13.8. The van der Waals surface area contributed by atoms with E-state index in [0.29, 0.717) is 12.1 Å². The van der Waals surface area contributed by atoms with E-state index >= 15 is 0 Å². The van der Waals surface area contributed by atoms with Gasteiger partial charge in [0.25, 0.3) is 0 Å². The van der Waals surface area contributed by atoms with Crippen molar-refractivity contribution in [3.63, 3.8) is 0 Å². The average Bonchev–Trinajstić information content (AvgIpc) is 3.40. The first-order valence-electron chi connectivity index (χ1n) is 8.26. The molecule has 0 heterocycles. The van der Waals surface area contributed by atoms with E-state index in [1.807, 2.05) is 30.3 Å². The Morgan fingerprint density at radius 3 is 2.46 bits per heavy atom. The Balaban J connectivity index is 1.50. The first-order valence-corrected chi connectivity index (χ1v) is 8.26. The lowest BCUT2D eigenvalue weighted by molar-refractivity contribution is -0.119. The highest BCUT2D eigenvalue weighted by Crippen LogP contribution is 2.47. The lowest BCUT2D eigenvalue weighted by atomic mass is 9.96. The summed E-state index contributed by atoms with van der Waals surface area (Å²) in [5, 5.41) is 6.10. The Hall–Kier alpha value is -2.62. The molecule has 0 aromatic heterocycles. The Morgan fingerprint density at radius 1 is 1.04 bits per heavy atom. The second-order valence-electron chi connectivity index (χ2n) is 6.41. The normalized spacial score (nSPS) is 14.7. The van der Waals surface area contributed by atoms with Crippen molar-refractivity contribution in [2.75, 3.05) is 18.4 Å². The fourth-order valence-electron chi connectivity index (χ4n) is 2.87. The van der Waals surface area contributed by atoms with E-state index in [1.165, 1.54) is 12.5 Å². The van der Waals surface area contributed by atoms with Gasteiger partial charge in [-0.1, -0.05) is 42.5 Å². The van der Waals surface area contributed by atoms with Crippen LogP contribution in [-0.2, 0) is 10.2 Å². The molecule has 1 fully saturated rings. The van der Waals surface area contributed by atoms with Crippen LogP contribution in [0.15, 0.2) is 54.6 Å². The minimum Gasteiger partial charge on any atom is -0.376 e. The second kappa shape index (κ2) is 6.87. The van der Waals surface area contributed by atoms with Crippen LogP contribution in [0.2, 0.25) is 0 Å². The van der Waals surface area contributed by atoms with Crippen molar-refractivity contribution >= 4 is 17.4 Å². The van der Waals surface area contributed by atoms with E-state index in [9.17, 15) is 9.59 Å². The van der Waals surface area contributed by atoms with E-state index in [-0.39, 0.29) is 23.7 Å². The maximum absolute atomic E-state index is 12.1. The molecule has 0 atom stereocenters. The molecule has 1 aliphatic rings. The maximum atomic E-state index is 12.1. The molecule has 0 bridgehead atoms. The van der Waals surface area contributed by atoms with Gasteiger partial charge in [-0.15, -0.1) is 0 Å². The van der Waals surface area contributed by atoms with Crippen LogP contribution in [-0.4, -0.2) is 24.8 Å². The van der Waals surface area contributed by atoms with Crippen LogP contribution < -0.4 is 10.6 Å². The quantitative estimate of drug-likeness (QED) is 0.770. The van der Waals surface area contributed by atoms with E-state index in [2.05, 4.69) is 22.8 Å². The molecule has 2 aromatic carbocycles. The molecule has 0 saturated heterocycles. The summed E-state index contributed by atoms with van der Waals surface area (Å²) in [6, 6.07) is 17.6. The molecule has 1 saturated carbocycles. The van der Waals surface area contributed by atoms with Crippen molar-refractivity contribution in [2.24, 2.45) is 0 Å². The summed E-state index contributed by atoms with van der Waals surface area (Å²) >= 11 is 0. The van der Waals surface area contributed by atoms with Gasteiger partial charge in [-0.3, -0.25) is 9.59 Å². The Kier molecular flexibility index (Phi) is 4.65. The van der Waals surface area contributed by atoms with Crippen LogP contribution in [0.25, 0.3) is 0 Å². The number of benzene rings is 2. The van der Waals surface area contributed by atoms with Gasteiger partial charge < -0.3 is 10.6 Å². The van der Waals surface area contributed by atoms with Crippen LogP contribution >= 0.6 is 0 Å². The number of ketones is 1. The predicted molar refractivity (Wildman–Crippen MR) is 95.3 cm³/mol. The summed E-state index contributed by atoms with van der Waals surface area (Å²) in [7, 11) is 0. The van der Waals surface area contributed by atoms with Crippen molar-refractivity contribution in [3.8, 4) is 0 Å². The van der Waals surface area contributed by atoms with Crippen LogP contribution in [0.5, 0.6) is 0 Å². The molecule has 0 radical (unpaired) electrons. The molecular weight excluding hydrogens is 300 g/mol. The number of carbonyl (C=O) groups is 2. The van der Waals surface area contributed by atoms with Crippen molar-refractivity contribution in [2.45, 2.75) is 25.2 Å². The zero-order valence-corrected chi connectivity index (χ0v) is 13.8. The summed E-state index contributed by atoms with van der Waals surface area (Å²) in [6.07, 6.45) is 2.23. The Morgan fingerprint density at radius 2 is 1.79 bits per heavy atom. The molecule has 24 heavy (non-hydrogen) atoms. The summed E-state index contributed by atoms with van der Waals surface area (Å²) in [5.74, 6) is -0.0212. The third-order valence-electron chi connectivity index (χ3n) is 4.59. The molecule has 2 aromatic rings. The summed E-state index contributed by atoms with van der Waals surface area (Å²) in [5.41, 5.74) is 2.83. The van der Waals surface area contributed by atoms with Gasteiger partial charge in [0.15, 0.2) is 5.78 Å². The molecule has 0 spiro atoms. The third-order valence-corrected chi connectivity index (χ3v) is 4.59. The predicted octanol–water partition coefficient (Wildman–Crippen LogP) is 3.15. The van der Waals surface area contributed by atoms with Gasteiger partial charge in [0.1, 0.15) is 0 Å². The number of carbonyl (C=O) groups excluding carboxylic acids is 2. The molecule has 0 unspecified atom stereocenters. The lowest BCUT2D eigenvalue weighted by Crippen LogP contribution is -2.35. The average molecular weight is 322 g/mol. The number of anilines is 1. The van der Waals surface area contributed by atoms with Gasteiger partial charge in [-0.05, 0) is 37.5 Å². The molecule has 2 N–H and O–H groups in total. The molecule has 124 valence electrons. The van der Waals surface area contributed by atoms with Gasteiger partial charge in [-0.2, -0.15) is 0 Å². The second-order valence-corrected chi connectivity index (χ2v) is 6.41. The number of hydrogen-bond acceptors (Lipinski definition) is 3. The van der Waals surface area contributed by atoms with E-state index in [4.69, 9.17) is 0 Å². The van der Waals surface area contributed by atoms with Crippen molar-refractivity contribution in [1.29, 1.82) is 0 Å². The topological polar surface area (TPSA) is 58.2 Å². The largest absolute Gasteiger partial charge is 0.376 e. The van der Waals surface area contributed by atoms with Crippen LogP contribution in [0.3, 0.4) is 0 Å². The van der Waals surface area contributed by atoms with Crippen LogP contribution in [0.4, 0.5) is 5.69 Å². The fourth-order valence-corrected chi connectivity index (χ4v) is 2.87. The minimum absolute atomic E-state index is 0.0154. The van der Waals surface area contributed by atoms with Crippen molar-refractivity contribution < 1.29 is 9.59 Å². The molecule has 1 amide bonds. The summed E-state index contributed by atoms with van der Waals surface area (Å²) in [6.45, 7) is 2.40. The van der Waals surface area contributed by atoms with E-state index < -0.39 is 0 Å². The van der Waals surface area contributed by atoms with E-state index in [1.54, 1.807) is 12.1 Å². The minimum atomic E-state index is -0.0366. The standard InChI is InChI=1S/C20H22N2O2/c1-15(23)16-6-5-9-18(12-16)21-13-19(24)22-14-20(10-11-20)17-7-3-2-4-8-17/h2-9,12,21H,10-11,13-14H2,1H3,(H,22,24). The van der Waals surface area contributed by atoms with Crippen molar-refractivity contribution in [1.82, 2.24) is 5.32 Å². The molecule has 4 heteroatoms. The van der Waals surface area contributed by atoms with Gasteiger partial charge in [0, 0.05) is 23.2 Å². The first kappa shape index (κ1) is 16.2. The van der Waals surface area contributed by atoms with Crippen molar-refractivity contribution in [3.05, 3.63) is 65.7 Å². The monoisotopic (exact) mass is 322 g/mol. The maximum Gasteiger partial charge on any atom is 0.239 e. The highest BCUT2D eigenvalue weighted by atomic mass is 16.2. The Labute approximate surface area is 142 Å². The van der Waals surface area contributed by atoms with Gasteiger partial charge in [-0.25, -0.2) is 0 Å². The molecular formula is C20H22N2O2. The molecule has 3 rings (SSSR count). The van der Waals surface area contributed by atoms with Gasteiger partial charge in [0.2, 0.25) is 5.91 Å². The summed E-state index contributed by atoms with van der Waals surface area (Å²) in [4.78, 5) is 23.5. The number of nitrogens with one attached hydrogen (secondary N) is 2. The number of rotatable bonds is 7. The molecule has 4 nitrogen and oxygen atoms in total. The lowest BCUT2D eigenvalue weighted by Gasteiger charge is -2.17. The molecule has 1 aliphatic carbocycles. The van der Waals surface area contributed by atoms with Gasteiger partial charge >= 0.3 is 0 Å². The fraction of sp³-hybridized carbons (Fsp3) is 0.300.